The summed E-state index contributed by atoms with van der Waals surface area (Å²) in [4.78, 5) is 11.1. The smallest absolute Gasteiger partial charge is 0.303 e. The number of aliphatic hydroxyl groups excluding tert-OH is 1. The molecule has 0 bridgehead atoms. The van der Waals surface area contributed by atoms with E-state index in [1.165, 1.54) is 38.5 Å². The fourth-order valence-corrected chi connectivity index (χ4v) is 7.75. The van der Waals surface area contributed by atoms with E-state index in [4.69, 9.17) is 5.11 Å². The van der Waals surface area contributed by atoms with Gasteiger partial charge in [-0.3, -0.25) is 4.79 Å². The van der Waals surface area contributed by atoms with Crippen molar-refractivity contribution in [1.82, 2.24) is 0 Å². The lowest BCUT2D eigenvalue weighted by atomic mass is 9.44. The third-order valence-corrected chi connectivity index (χ3v) is 9.19. The van der Waals surface area contributed by atoms with Crippen LogP contribution >= 0.6 is 0 Å². The van der Waals surface area contributed by atoms with Crippen LogP contribution < -0.4 is 0 Å². The van der Waals surface area contributed by atoms with Gasteiger partial charge in [0.25, 0.3) is 0 Å². The molecule has 0 aromatic rings. The Bertz CT molecular complexity index is 517. The summed E-state index contributed by atoms with van der Waals surface area (Å²) in [6.07, 6.45) is 11.1. The maximum atomic E-state index is 11.1. The van der Waals surface area contributed by atoms with E-state index in [9.17, 15) is 9.90 Å². The second kappa shape index (κ2) is 5.72. The quantitative estimate of drug-likeness (QED) is 0.783. The molecule has 4 fully saturated rings. The van der Waals surface area contributed by atoms with Crippen molar-refractivity contribution in [3.05, 3.63) is 0 Å². The summed E-state index contributed by atoms with van der Waals surface area (Å²) in [5, 5.41) is 19.7. The van der Waals surface area contributed by atoms with E-state index in [0.717, 1.165) is 42.9 Å². The monoisotopic (exact) mass is 334 g/mol. The first-order chi connectivity index (χ1) is 11.3. The Kier molecular flexibility index (Phi) is 4.02. The minimum Gasteiger partial charge on any atom is -0.481 e. The first kappa shape index (κ1) is 16.9. The number of carboxylic acids is 1. The predicted molar refractivity (Wildman–Crippen MR) is 93.5 cm³/mol. The molecule has 0 aliphatic heterocycles. The van der Waals surface area contributed by atoms with Gasteiger partial charge in [0.05, 0.1) is 6.10 Å². The molecule has 0 spiro atoms. The minimum atomic E-state index is -0.620. The molecule has 0 heterocycles. The summed E-state index contributed by atoms with van der Waals surface area (Å²) in [5.41, 5.74) is 0.595. The summed E-state index contributed by atoms with van der Waals surface area (Å²) < 4.78 is 0. The summed E-state index contributed by atoms with van der Waals surface area (Å²) in [5.74, 6) is 2.85. The number of aliphatic carboxylic acids is 1. The lowest BCUT2D eigenvalue weighted by Gasteiger charge is -2.61. The van der Waals surface area contributed by atoms with Crippen molar-refractivity contribution < 1.29 is 15.0 Å². The van der Waals surface area contributed by atoms with Crippen LogP contribution in [0.3, 0.4) is 0 Å². The molecular weight excluding hydrogens is 300 g/mol. The van der Waals surface area contributed by atoms with E-state index < -0.39 is 5.97 Å². The lowest BCUT2D eigenvalue weighted by molar-refractivity contribution is -0.142. The molecule has 3 nitrogen and oxygen atoms in total. The maximum Gasteiger partial charge on any atom is 0.303 e. The van der Waals surface area contributed by atoms with Gasteiger partial charge in [0, 0.05) is 6.42 Å². The number of carboxylic acid groups (broad SMARTS) is 1. The SMILES string of the molecule is C[C@]12CC[C@H]3[C@H](CC[C@H]4C[C@H](CC(=O)O)CC[C@@]43C)[C@H]1CC[C@@H]2O. The molecule has 136 valence electrons. The third-order valence-electron chi connectivity index (χ3n) is 9.19. The molecule has 3 heteroatoms. The second-order valence-electron chi connectivity index (χ2n) is 10.0. The van der Waals surface area contributed by atoms with Gasteiger partial charge in [0.1, 0.15) is 0 Å². The largest absolute Gasteiger partial charge is 0.481 e. The van der Waals surface area contributed by atoms with Gasteiger partial charge in [-0.25, -0.2) is 0 Å². The molecule has 8 atom stereocenters. The number of rotatable bonds is 2. The highest BCUT2D eigenvalue weighted by Gasteiger charge is 2.59. The average Bonchev–Trinajstić information content (AvgIpc) is 2.83. The van der Waals surface area contributed by atoms with Crippen LogP contribution in [-0.4, -0.2) is 22.3 Å². The van der Waals surface area contributed by atoms with E-state index in [1.54, 1.807) is 0 Å². The third kappa shape index (κ3) is 2.37. The highest BCUT2D eigenvalue weighted by molar-refractivity contribution is 5.67. The first-order valence-corrected chi connectivity index (χ1v) is 10.2. The van der Waals surface area contributed by atoms with Crippen molar-refractivity contribution in [2.45, 2.75) is 84.2 Å². The van der Waals surface area contributed by atoms with Gasteiger partial charge < -0.3 is 10.2 Å². The van der Waals surface area contributed by atoms with Crippen molar-refractivity contribution in [3.8, 4) is 0 Å². The fourth-order valence-electron chi connectivity index (χ4n) is 7.75. The minimum absolute atomic E-state index is 0.0831. The Morgan fingerprint density at radius 1 is 0.958 bits per heavy atom. The molecule has 0 unspecified atom stereocenters. The van der Waals surface area contributed by atoms with Crippen LogP contribution in [0.2, 0.25) is 0 Å². The van der Waals surface area contributed by atoms with Gasteiger partial charge in [-0.2, -0.15) is 0 Å². The molecule has 0 saturated heterocycles. The van der Waals surface area contributed by atoms with Crippen LogP contribution in [0.15, 0.2) is 0 Å². The molecule has 24 heavy (non-hydrogen) atoms. The van der Waals surface area contributed by atoms with Gasteiger partial charge in [-0.15, -0.1) is 0 Å². The number of aliphatic hydroxyl groups is 1. The van der Waals surface area contributed by atoms with E-state index >= 15 is 0 Å². The Morgan fingerprint density at radius 3 is 2.42 bits per heavy atom. The normalized spacial score (nSPS) is 53.8. The number of hydrogen-bond donors (Lipinski definition) is 2. The van der Waals surface area contributed by atoms with Crippen molar-refractivity contribution in [2.75, 3.05) is 0 Å². The predicted octanol–water partition coefficient (Wildman–Crippen LogP) is 4.48. The molecule has 2 N–H and O–H groups in total. The summed E-state index contributed by atoms with van der Waals surface area (Å²) in [7, 11) is 0. The molecular formula is C21H34O3. The van der Waals surface area contributed by atoms with Crippen molar-refractivity contribution in [2.24, 2.45) is 40.4 Å². The Hall–Kier alpha value is -0.570. The van der Waals surface area contributed by atoms with Crippen LogP contribution in [0.4, 0.5) is 0 Å². The number of hydrogen-bond acceptors (Lipinski definition) is 2. The van der Waals surface area contributed by atoms with E-state index in [-0.39, 0.29) is 11.5 Å². The van der Waals surface area contributed by atoms with Gasteiger partial charge in [0.15, 0.2) is 0 Å². The molecule has 0 amide bonds. The van der Waals surface area contributed by atoms with Crippen LogP contribution in [0, 0.1) is 40.4 Å². The average molecular weight is 335 g/mol. The molecule has 0 aromatic carbocycles. The van der Waals surface area contributed by atoms with Crippen LogP contribution in [-0.2, 0) is 4.79 Å². The standard InChI is InChI=1S/C21H34O3/c1-20-9-7-13(12-19(23)24)11-14(20)3-4-15-16-5-6-18(22)21(16,2)10-8-17(15)20/h13-18,22H,3-12H2,1-2H3,(H,23,24)/t13-,14+,15-,16-,17+,18+,20+,21+/m1/s1. The molecule has 0 aromatic heterocycles. The van der Waals surface area contributed by atoms with Gasteiger partial charge in [-0.1, -0.05) is 13.8 Å². The van der Waals surface area contributed by atoms with Crippen molar-refractivity contribution >= 4 is 5.97 Å². The zero-order chi connectivity index (χ0) is 17.1. The molecule has 4 rings (SSSR count). The fraction of sp³-hybridized carbons (Fsp3) is 0.952. The zero-order valence-electron chi connectivity index (χ0n) is 15.3. The van der Waals surface area contributed by atoms with Crippen LogP contribution in [0.25, 0.3) is 0 Å². The van der Waals surface area contributed by atoms with Crippen LogP contribution in [0.1, 0.15) is 78.1 Å². The number of fused-ring (bicyclic) bond motifs is 5. The molecule has 0 radical (unpaired) electrons. The highest BCUT2D eigenvalue weighted by Crippen LogP contribution is 2.66. The lowest BCUT2D eigenvalue weighted by Crippen LogP contribution is -2.54. The second-order valence-corrected chi connectivity index (χ2v) is 10.0. The van der Waals surface area contributed by atoms with Gasteiger partial charge in [0.2, 0.25) is 0 Å². The van der Waals surface area contributed by atoms with Gasteiger partial charge in [-0.05, 0) is 98.2 Å². The molecule has 4 saturated carbocycles. The topological polar surface area (TPSA) is 57.5 Å². The maximum absolute atomic E-state index is 11.1. The van der Waals surface area contributed by atoms with Crippen molar-refractivity contribution in [1.29, 1.82) is 0 Å². The van der Waals surface area contributed by atoms with Gasteiger partial charge >= 0.3 is 5.97 Å². The molecule has 4 aliphatic rings. The summed E-state index contributed by atoms with van der Waals surface area (Å²) in [6, 6.07) is 0. The Morgan fingerprint density at radius 2 is 1.67 bits per heavy atom. The first-order valence-electron chi connectivity index (χ1n) is 10.2. The summed E-state index contributed by atoms with van der Waals surface area (Å²) in [6.45, 7) is 4.88. The number of carbonyl (C=O) groups is 1. The summed E-state index contributed by atoms with van der Waals surface area (Å²) >= 11 is 0. The van der Waals surface area contributed by atoms with E-state index in [1.807, 2.05) is 0 Å². The van der Waals surface area contributed by atoms with Crippen LogP contribution in [0.5, 0.6) is 0 Å². The Labute approximate surface area is 146 Å². The molecule has 4 aliphatic carbocycles. The highest BCUT2D eigenvalue weighted by atomic mass is 16.4. The van der Waals surface area contributed by atoms with E-state index in [2.05, 4.69) is 13.8 Å². The van der Waals surface area contributed by atoms with Crippen molar-refractivity contribution in [3.63, 3.8) is 0 Å². The van der Waals surface area contributed by atoms with E-state index in [0.29, 0.717) is 17.8 Å². The Balaban J connectivity index is 1.53. The zero-order valence-corrected chi connectivity index (χ0v) is 15.3.